The minimum absolute atomic E-state index is 0.252. The fourth-order valence-corrected chi connectivity index (χ4v) is 4.57. The molecule has 0 aromatic heterocycles. The normalized spacial score (nSPS) is 11.3. The molecule has 2 nitrogen and oxygen atoms in total. The first-order chi connectivity index (χ1) is 14.7. The Labute approximate surface area is 180 Å². The molecule has 0 aliphatic heterocycles. The molecule has 0 radical (unpaired) electrons. The SMILES string of the molecule is CC(c1ccccc1)(c1ccccc1)C(C)(c1ccccc1)c1ccccc1.NN. The molecule has 152 valence electrons. The van der Waals surface area contributed by atoms with Crippen LogP contribution in [0.3, 0.4) is 0 Å². The molecule has 0 saturated heterocycles. The highest BCUT2D eigenvalue weighted by molar-refractivity contribution is 5.53. The van der Waals surface area contributed by atoms with Gasteiger partial charge in [-0.2, -0.15) is 0 Å². The summed E-state index contributed by atoms with van der Waals surface area (Å²) in [6, 6.07) is 43.6. The van der Waals surface area contributed by atoms with Crippen LogP contribution < -0.4 is 11.7 Å². The van der Waals surface area contributed by atoms with Gasteiger partial charge >= 0.3 is 0 Å². The highest BCUT2D eigenvalue weighted by Crippen LogP contribution is 2.52. The lowest BCUT2D eigenvalue weighted by atomic mass is 9.53. The van der Waals surface area contributed by atoms with Crippen molar-refractivity contribution in [2.45, 2.75) is 24.7 Å². The van der Waals surface area contributed by atoms with E-state index in [0.717, 1.165) is 0 Å². The average molecular weight is 395 g/mol. The second kappa shape index (κ2) is 9.53. The molecule has 4 aromatic carbocycles. The van der Waals surface area contributed by atoms with Gasteiger partial charge in [-0.15, -0.1) is 0 Å². The van der Waals surface area contributed by atoms with E-state index in [1.807, 2.05) is 0 Å². The molecule has 4 N–H and O–H groups in total. The molecule has 4 rings (SSSR count). The van der Waals surface area contributed by atoms with Gasteiger partial charge in [0.15, 0.2) is 0 Å². The van der Waals surface area contributed by atoms with Crippen LogP contribution in [0.2, 0.25) is 0 Å². The molecule has 0 atom stereocenters. The zero-order valence-electron chi connectivity index (χ0n) is 17.7. The van der Waals surface area contributed by atoms with Crippen molar-refractivity contribution in [3.05, 3.63) is 144 Å². The largest absolute Gasteiger partial charge is 0.274 e. The number of hydrogen-bond donors (Lipinski definition) is 2. The van der Waals surface area contributed by atoms with Crippen molar-refractivity contribution >= 4 is 0 Å². The predicted octanol–water partition coefficient (Wildman–Crippen LogP) is 5.82. The zero-order valence-corrected chi connectivity index (χ0v) is 17.7. The number of benzene rings is 4. The Hall–Kier alpha value is -3.20. The molecule has 30 heavy (non-hydrogen) atoms. The van der Waals surface area contributed by atoms with Crippen LogP contribution in [0.15, 0.2) is 121 Å². The summed E-state index contributed by atoms with van der Waals surface area (Å²) in [4.78, 5) is 0. The maximum absolute atomic E-state index is 4.00. The highest BCUT2D eigenvalue weighted by atomic mass is 15.0. The summed E-state index contributed by atoms with van der Waals surface area (Å²) in [5.41, 5.74) is 4.76. The van der Waals surface area contributed by atoms with E-state index < -0.39 is 0 Å². The second-order valence-electron chi connectivity index (χ2n) is 7.71. The summed E-state index contributed by atoms with van der Waals surface area (Å²) in [6.45, 7) is 4.77. The summed E-state index contributed by atoms with van der Waals surface area (Å²) >= 11 is 0. The van der Waals surface area contributed by atoms with Crippen LogP contribution >= 0.6 is 0 Å². The van der Waals surface area contributed by atoms with Gasteiger partial charge in [0.1, 0.15) is 0 Å². The molecule has 0 aliphatic rings. The van der Waals surface area contributed by atoms with Crippen LogP contribution in [0, 0.1) is 0 Å². The van der Waals surface area contributed by atoms with Crippen LogP contribution in [0.4, 0.5) is 0 Å². The Morgan fingerprint density at radius 1 is 0.367 bits per heavy atom. The van der Waals surface area contributed by atoms with E-state index in [4.69, 9.17) is 0 Å². The topological polar surface area (TPSA) is 52.0 Å². The minimum Gasteiger partial charge on any atom is -0.274 e. The van der Waals surface area contributed by atoms with Crippen molar-refractivity contribution in [3.8, 4) is 0 Å². The van der Waals surface area contributed by atoms with Gasteiger partial charge in [0.2, 0.25) is 0 Å². The summed E-state index contributed by atoms with van der Waals surface area (Å²) in [5, 5.41) is 0. The van der Waals surface area contributed by atoms with E-state index in [9.17, 15) is 0 Å². The van der Waals surface area contributed by atoms with Crippen molar-refractivity contribution in [3.63, 3.8) is 0 Å². The van der Waals surface area contributed by atoms with Gasteiger partial charge < -0.3 is 0 Å². The van der Waals surface area contributed by atoms with Crippen molar-refractivity contribution in [1.82, 2.24) is 0 Å². The molecule has 0 saturated carbocycles. The molecule has 2 heteroatoms. The molecule has 0 bridgehead atoms. The maximum atomic E-state index is 4.00. The fourth-order valence-electron chi connectivity index (χ4n) is 4.57. The number of hydrogen-bond acceptors (Lipinski definition) is 2. The summed E-state index contributed by atoms with van der Waals surface area (Å²) < 4.78 is 0. The first kappa shape index (κ1) is 21.5. The predicted molar refractivity (Wildman–Crippen MR) is 127 cm³/mol. The molecule has 0 unspecified atom stereocenters. The van der Waals surface area contributed by atoms with Crippen molar-refractivity contribution in [2.75, 3.05) is 0 Å². The monoisotopic (exact) mass is 394 g/mol. The summed E-state index contributed by atoms with van der Waals surface area (Å²) in [7, 11) is 0. The molecule has 4 aromatic rings. The maximum Gasteiger partial charge on any atom is 0.0309 e. The van der Waals surface area contributed by atoms with Gasteiger partial charge in [0.25, 0.3) is 0 Å². The molecular weight excluding hydrogens is 364 g/mol. The van der Waals surface area contributed by atoms with Gasteiger partial charge in [-0.3, -0.25) is 11.7 Å². The Bertz CT molecular complexity index is 847. The molecule has 0 heterocycles. The van der Waals surface area contributed by atoms with E-state index in [1.54, 1.807) is 0 Å². The minimum atomic E-state index is -0.252. The van der Waals surface area contributed by atoms with Gasteiger partial charge in [0.05, 0.1) is 0 Å². The second-order valence-corrected chi connectivity index (χ2v) is 7.71. The molecule has 0 spiro atoms. The van der Waals surface area contributed by atoms with E-state index in [0.29, 0.717) is 0 Å². The standard InChI is InChI=1S/C28H26.H4N2/c1-27(23-15-7-3-8-16-23,24-17-9-4-10-18-24)28(2,25-19-11-5-12-20-25)26-21-13-6-14-22-26;1-2/h3-22H,1-2H3;1-2H2. The molecular formula is C28H30N2. The quantitative estimate of drug-likeness (QED) is 0.331. The number of nitrogens with two attached hydrogens (primary N) is 2. The lowest BCUT2D eigenvalue weighted by Gasteiger charge is -2.48. The van der Waals surface area contributed by atoms with Gasteiger partial charge in [-0.1, -0.05) is 135 Å². The van der Waals surface area contributed by atoms with Crippen molar-refractivity contribution in [1.29, 1.82) is 0 Å². The third-order valence-corrected chi connectivity index (χ3v) is 6.40. The first-order valence-corrected chi connectivity index (χ1v) is 10.2. The van der Waals surface area contributed by atoms with Crippen LogP contribution in [-0.2, 0) is 10.8 Å². The van der Waals surface area contributed by atoms with Gasteiger partial charge in [0, 0.05) is 10.8 Å². The van der Waals surface area contributed by atoms with Crippen LogP contribution in [0.25, 0.3) is 0 Å². The van der Waals surface area contributed by atoms with E-state index in [2.05, 4.69) is 147 Å². The molecule has 0 aliphatic carbocycles. The van der Waals surface area contributed by atoms with E-state index in [-0.39, 0.29) is 10.8 Å². The third-order valence-electron chi connectivity index (χ3n) is 6.40. The zero-order chi connectivity index (χ0) is 21.5. The smallest absolute Gasteiger partial charge is 0.0309 e. The molecule has 0 fully saturated rings. The Balaban J connectivity index is 0.00000124. The number of hydrazine groups is 1. The number of rotatable bonds is 5. The summed E-state index contributed by atoms with van der Waals surface area (Å²) in [6.07, 6.45) is 0. The average Bonchev–Trinajstić information content (AvgIpc) is 2.86. The lowest BCUT2D eigenvalue weighted by molar-refractivity contribution is 0.360. The van der Waals surface area contributed by atoms with Gasteiger partial charge in [-0.25, -0.2) is 0 Å². The van der Waals surface area contributed by atoms with Crippen LogP contribution in [0.5, 0.6) is 0 Å². The van der Waals surface area contributed by atoms with Crippen molar-refractivity contribution < 1.29 is 0 Å². The van der Waals surface area contributed by atoms with Crippen molar-refractivity contribution in [2.24, 2.45) is 11.7 Å². The summed E-state index contributed by atoms with van der Waals surface area (Å²) in [5.74, 6) is 8.00. The van der Waals surface area contributed by atoms with Gasteiger partial charge in [-0.05, 0) is 22.3 Å². The third kappa shape index (κ3) is 3.68. The van der Waals surface area contributed by atoms with E-state index >= 15 is 0 Å². The Kier molecular flexibility index (Phi) is 6.83. The first-order valence-electron chi connectivity index (χ1n) is 10.2. The van der Waals surface area contributed by atoms with E-state index in [1.165, 1.54) is 22.3 Å². The Morgan fingerprint density at radius 2 is 0.533 bits per heavy atom. The fraction of sp³-hybridized carbons (Fsp3) is 0.143. The van der Waals surface area contributed by atoms with Crippen LogP contribution in [0.1, 0.15) is 36.1 Å². The highest BCUT2D eigenvalue weighted by Gasteiger charge is 2.49. The lowest BCUT2D eigenvalue weighted by Crippen LogP contribution is -2.47. The Morgan fingerprint density at radius 3 is 0.700 bits per heavy atom. The molecule has 0 amide bonds. The van der Waals surface area contributed by atoms with Crippen LogP contribution in [-0.4, -0.2) is 0 Å².